The molecular formula is C12H19N5O4S2. The fourth-order valence-corrected chi connectivity index (χ4v) is 4.68. The van der Waals surface area contributed by atoms with Gasteiger partial charge in [-0.15, -0.1) is 10.2 Å². The first-order chi connectivity index (χ1) is 10.8. The number of amides is 2. The second-order valence-electron chi connectivity index (χ2n) is 5.09. The van der Waals surface area contributed by atoms with Crippen molar-refractivity contribution in [1.82, 2.24) is 19.4 Å². The molecule has 0 aromatic carbocycles. The Morgan fingerprint density at radius 3 is 2.43 bits per heavy atom. The number of hydrogen-bond acceptors (Lipinski definition) is 7. The Labute approximate surface area is 138 Å². The van der Waals surface area contributed by atoms with Gasteiger partial charge in [0.1, 0.15) is 0 Å². The van der Waals surface area contributed by atoms with Gasteiger partial charge in [0.15, 0.2) is 0 Å². The summed E-state index contributed by atoms with van der Waals surface area (Å²) in [6.07, 6.45) is 1.25. The summed E-state index contributed by atoms with van der Waals surface area (Å²) in [4.78, 5) is 24.5. The molecule has 1 N–H and O–H groups in total. The molecule has 0 atom stereocenters. The molecule has 23 heavy (non-hydrogen) atoms. The smallest absolute Gasteiger partial charge is 0.272 e. The van der Waals surface area contributed by atoms with Crippen molar-refractivity contribution in [3.8, 4) is 0 Å². The van der Waals surface area contributed by atoms with E-state index in [1.165, 1.54) is 11.2 Å². The molecule has 0 aliphatic carbocycles. The normalized spacial score (nSPS) is 16.3. The molecule has 0 radical (unpaired) electrons. The minimum absolute atomic E-state index is 0.0495. The van der Waals surface area contributed by atoms with Crippen LogP contribution in [0, 0.1) is 0 Å². The summed E-state index contributed by atoms with van der Waals surface area (Å²) in [6.45, 7) is 4.44. The van der Waals surface area contributed by atoms with Crippen LogP contribution in [0.3, 0.4) is 0 Å². The third-order valence-corrected chi connectivity index (χ3v) is 6.39. The number of anilines is 1. The molecule has 2 amide bonds. The maximum atomic E-state index is 12.5. The van der Waals surface area contributed by atoms with Gasteiger partial charge in [-0.05, 0) is 6.42 Å². The summed E-state index contributed by atoms with van der Waals surface area (Å²) >= 11 is 0.813. The molecule has 0 bridgehead atoms. The van der Waals surface area contributed by atoms with E-state index in [4.69, 9.17) is 0 Å². The molecule has 1 aliphatic rings. The molecule has 128 valence electrons. The summed E-state index contributed by atoms with van der Waals surface area (Å²) in [7, 11) is -3.75. The van der Waals surface area contributed by atoms with E-state index < -0.39 is 10.0 Å². The van der Waals surface area contributed by atoms with E-state index >= 15 is 0 Å². The Bertz CT molecular complexity index is 679. The first-order valence-corrected chi connectivity index (χ1v) is 9.49. The predicted octanol–water partition coefficient (Wildman–Crippen LogP) is 0.130. The van der Waals surface area contributed by atoms with Crippen molar-refractivity contribution in [2.24, 2.45) is 0 Å². The van der Waals surface area contributed by atoms with Crippen LogP contribution >= 0.6 is 11.3 Å². The molecule has 9 nitrogen and oxygen atoms in total. The number of sulfonamides is 1. The van der Waals surface area contributed by atoms with Gasteiger partial charge in [0, 0.05) is 39.5 Å². The van der Waals surface area contributed by atoms with Crippen molar-refractivity contribution in [2.45, 2.75) is 31.0 Å². The Balaban J connectivity index is 2.03. The van der Waals surface area contributed by atoms with E-state index in [2.05, 4.69) is 15.5 Å². The van der Waals surface area contributed by atoms with E-state index in [1.807, 2.05) is 6.92 Å². The number of nitrogens with zero attached hydrogens (tertiary/aromatic N) is 4. The Hall–Kier alpha value is -1.59. The number of carbonyl (C=O) groups is 2. The molecule has 1 saturated heterocycles. The van der Waals surface area contributed by atoms with E-state index in [9.17, 15) is 18.0 Å². The molecule has 1 fully saturated rings. The predicted molar refractivity (Wildman–Crippen MR) is 84.5 cm³/mol. The van der Waals surface area contributed by atoms with Crippen LogP contribution in [0.2, 0.25) is 0 Å². The molecule has 1 aromatic rings. The van der Waals surface area contributed by atoms with Crippen molar-refractivity contribution >= 4 is 38.3 Å². The molecule has 0 unspecified atom stereocenters. The Kier molecular flexibility index (Phi) is 5.65. The Morgan fingerprint density at radius 1 is 1.22 bits per heavy atom. The lowest BCUT2D eigenvalue weighted by atomic mass is 10.2. The standard InChI is InChI=1S/C12H19N5O4S2/c1-3-4-10(19)16-5-7-17(8-6-16)23(20,21)12-15-14-11(22-12)13-9(2)18/h3-8H2,1-2H3,(H,13,14,18). The minimum Gasteiger partial charge on any atom is -0.340 e. The molecule has 0 saturated carbocycles. The van der Waals surface area contributed by atoms with E-state index in [0.717, 1.165) is 17.8 Å². The molecule has 1 aliphatic heterocycles. The number of carbonyl (C=O) groups excluding carboxylic acids is 2. The molecule has 2 heterocycles. The van der Waals surface area contributed by atoms with Gasteiger partial charge >= 0.3 is 0 Å². The largest absolute Gasteiger partial charge is 0.340 e. The van der Waals surface area contributed by atoms with Crippen LogP contribution in [0.5, 0.6) is 0 Å². The van der Waals surface area contributed by atoms with Crippen molar-refractivity contribution in [3.05, 3.63) is 0 Å². The molecule has 1 aromatic heterocycles. The molecule has 0 spiro atoms. The summed E-state index contributed by atoms with van der Waals surface area (Å²) in [6, 6.07) is 0. The van der Waals surface area contributed by atoms with Crippen LogP contribution < -0.4 is 5.32 Å². The van der Waals surface area contributed by atoms with Crippen LogP contribution in [-0.4, -0.2) is 65.8 Å². The Morgan fingerprint density at radius 2 is 1.87 bits per heavy atom. The first kappa shape index (κ1) is 17.8. The van der Waals surface area contributed by atoms with E-state index in [1.54, 1.807) is 4.90 Å². The highest BCUT2D eigenvalue weighted by Crippen LogP contribution is 2.24. The van der Waals surface area contributed by atoms with Gasteiger partial charge in [-0.1, -0.05) is 18.3 Å². The maximum absolute atomic E-state index is 12.5. The number of nitrogens with one attached hydrogen (secondary N) is 1. The zero-order valence-electron chi connectivity index (χ0n) is 13.0. The maximum Gasteiger partial charge on any atom is 0.272 e. The lowest BCUT2D eigenvalue weighted by Gasteiger charge is -2.33. The van der Waals surface area contributed by atoms with Gasteiger partial charge in [0.05, 0.1) is 0 Å². The monoisotopic (exact) mass is 361 g/mol. The fraction of sp³-hybridized carbons (Fsp3) is 0.667. The highest BCUT2D eigenvalue weighted by atomic mass is 32.2. The van der Waals surface area contributed by atoms with Crippen LogP contribution in [0.15, 0.2) is 4.34 Å². The van der Waals surface area contributed by atoms with Gasteiger partial charge < -0.3 is 10.2 Å². The number of piperazine rings is 1. The lowest BCUT2D eigenvalue weighted by molar-refractivity contribution is -0.132. The van der Waals surface area contributed by atoms with E-state index in [-0.39, 0.29) is 34.4 Å². The van der Waals surface area contributed by atoms with Crippen LogP contribution in [0.25, 0.3) is 0 Å². The highest BCUT2D eigenvalue weighted by Gasteiger charge is 2.32. The van der Waals surface area contributed by atoms with Crippen molar-refractivity contribution in [3.63, 3.8) is 0 Å². The van der Waals surface area contributed by atoms with Gasteiger partial charge in [-0.25, -0.2) is 8.42 Å². The third kappa shape index (κ3) is 4.24. The second-order valence-corrected chi connectivity index (χ2v) is 8.18. The SMILES string of the molecule is CCCC(=O)N1CCN(S(=O)(=O)c2nnc(NC(C)=O)s2)CC1. The summed E-state index contributed by atoms with van der Waals surface area (Å²) < 4.78 is 26.1. The molecular weight excluding hydrogens is 342 g/mol. The summed E-state index contributed by atoms with van der Waals surface area (Å²) in [5.74, 6) is -0.290. The summed E-state index contributed by atoms with van der Waals surface area (Å²) in [5, 5.41) is 9.85. The number of rotatable bonds is 5. The van der Waals surface area contributed by atoms with Crippen molar-refractivity contribution < 1.29 is 18.0 Å². The molecule has 11 heteroatoms. The van der Waals surface area contributed by atoms with Crippen molar-refractivity contribution in [1.29, 1.82) is 0 Å². The van der Waals surface area contributed by atoms with Crippen LogP contribution in [0.4, 0.5) is 5.13 Å². The summed E-state index contributed by atoms with van der Waals surface area (Å²) in [5.41, 5.74) is 0. The average Bonchev–Trinajstić information content (AvgIpc) is 2.96. The molecule has 2 rings (SSSR count). The lowest BCUT2D eigenvalue weighted by Crippen LogP contribution is -2.50. The van der Waals surface area contributed by atoms with Gasteiger partial charge in [0.25, 0.3) is 10.0 Å². The van der Waals surface area contributed by atoms with E-state index in [0.29, 0.717) is 19.5 Å². The first-order valence-electron chi connectivity index (χ1n) is 7.23. The zero-order valence-corrected chi connectivity index (χ0v) is 14.6. The van der Waals surface area contributed by atoms with Crippen molar-refractivity contribution in [2.75, 3.05) is 31.5 Å². The van der Waals surface area contributed by atoms with Gasteiger partial charge in [-0.3, -0.25) is 9.59 Å². The number of hydrogen-bond donors (Lipinski definition) is 1. The minimum atomic E-state index is -3.75. The van der Waals surface area contributed by atoms with Gasteiger partial charge in [-0.2, -0.15) is 4.31 Å². The van der Waals surface area contributed by atoms with Gasteiger partial charge in [0.2, 0.25) is 21.3 Å². The average molecular weight is 361 g/mol. The number of aromatic nitrogens is 2. The van der Waals surface area contributed by atoms with Crippen LogP contribution in [-0.2, 0) is 19.6 Å². The fourth-order valence-electron chi connectivity index (χ4n) is 2.18. The quantitative estimate of drug-likeness (QED) is 0.746. The second kappa shape index (κ2) is 7.32. The van der Waals surface area contributed by atoms with Crippen LogP contribution in [0.1, 0.15) is 26.7 Å². The highest BCUT2D eigenvalue weighted by molar-refractivity contribution is 7.91. The third-order valence-electron chi connectivity index (χ3n) is 3.31. The zero-order chi connectivity index (χ0) is 17.0. The topological polar surface area (TPSA) is 113 Å².